The molecule has 26 heavy (non-hydrogen) atoms. The predicted molar refractivity (Wildman–Crippen MR) is 96.9 cm³/mol. The third kappa shape index (κ3) is 3.78. The van der Waals surface area contributed by atoms with E-state index in [4.69, 9.17) is 0 Å². The maximum atomic E-state index is 12.4. The summed E-state index contributed by atoms with van der Waals surface area (Å²) in [5, 5.41) is 15.3. The number of nitro benzene ring substituents is 1. The first-order valence-corrected chi connectivity index (χ1v) is 7.74. The van der Waals surface area contributed by atoms with Crippen molar-refractivity contribution >= 4 is 17.3 Å². The Morgan fingerprint density at radius 2 is 1.65 bits per heavy atom. The average molecular weight is 346 g/mol. The number of carbonyl (C=O) groups is 1. The van der Waals surface area contributed by atoms with E-state index in [2.05, 4.69) is 15.5 Å². The van der Waals surface area contributed by atoms with Gasteiger partial charge in [-0.2, -0.15) is 5.10 Å². The first-order chi connectivity index (χ1) is 12.7. The van der Waals surface area contributed by atoms with Gasteiger partial charge >= 0.3 is 0 Å². The van der Waals surface area contributed by atoms with Crippen LogP contribution in [0.3, 0.4) is 0 Å². The third-order valence-corrected chi connectivity index (χ3v) is 3.60. The first kappa shape index (κ1) is 17.0. The lowest BCUT2D eigenvalue weighted by atomic mass is 10.0. The monoisotopic (exact) mass is 346 g/mol. The van der Waals surface area contributed by atoms with Gasteiger partial charge in [-0.25, -0.2) is 5.43 Å². The van der Waals surface area contributed by atoms with E-state index in [1.165, 1.54) is 18.2 Å². The zero-order valence-electron chi connectivity index (χ0n) is 13.6. The number of nitrogens with one attached hydrogen (secondary N) is 1. The smallest absolute Gasteiger partial charge is 0.267 e. The highest BCUT2D eigenvalue weighted by Gasteiger charge is 2.19. The Bertz CT molecular complexity index is 915. The summed E-state index contributed by atoms with van der Waals surface area (Å²) in [5.41, 5.74) is 4.07. The van der Waals surface area contributed by atoms with Crippen LogP contribution in [-0.2, 0) is 0 Å². The number of amides is 1. The molecule has 7 heteroatoms. The minimum absolute atomic E-state index is 0.0557. The molecule has 128 valence electrons. The maximum absolute atomic E-state index is 12.4. The predicted octanol–water partition coefficient (Wildman–Crippen LogP) is 3.17. The van der Waals surface area contributed by atoms with Crippen LogP contribution < -0.4 is 5.43 Å². The molecule has 0 aliphatic carbocycles. The fourth-order valence-corrected chi connectivity index (χ4v) is 2.39. The van der Waals surface area contributed by atoms with Crippen molar-refractivity contribution in [1.82, 2.24) is 10.4 Å². The van der Waals surface area contributed by atoms with E-state index in [-0.39, 0.29) is 11.3 Å². The Morgan fingerprint density at radius 1 is 0.962 bits per heavy atom. The summed E-state index contributed by atoms with van der Waals surface area (Å²) in [6.45, 7) is 0. The summed E-state index contributed by atoms with van der Waals surface area (Å²) in [5.74, 6) is -0.658. The van der Waals surface area contributed by atoms with Gasteiger partial charge in [0, 0.05) is 29.6 Å². The summed E-state index contributed by atoms with van der Waals surface area (Å²) in [6.07, 6.45) is 3.26. The Labute approximate surface area is 149 Å². The minimum Gasteiger partial charge on any atom is -0.267 e. The molecule has 0 unspecified atom stereocenters. The molecule has 0 aliphatic heterocycles. The van der Waals surface area contributed by atoms with E-state index < -0.39 is 10.8 Å². The molecule has 0 fully saturated rings. The number of nitrogens with zero attached hydrogens (tertiary/aromatic N) is 3. The second-order valence-electron chi connectivity index (χ2n) is 5.28. The highest BCUT2D eigenvalue weighted by molar-refractivity contribution is 6.13. The van der Waals surface area contributed by atoms with Crippen molar-refractivity contribution in [3.05, 3.63) is 106 Å². The molecule has 2 aromatic carbocycles. The number of benzene rings is 2. The molecule has 1 N–H and O–H groups in total. The second kappa shape index (κ2) is 7.80. The number of hydrogen-bond acceptors (Lipinski definition) is 5. The van der Waals surface area contributed by atoms with E-state index in [1.54, 1.807) is 24.5 Å². The van der Waals surface area contributed by atoms with E-state index >= 15 is 0 Å². The quantitative estimate of drug-likeness (QED) is 0.436. The first-order valence-electron chi connectivity index (χ1n) is 7.74. The number of pyridine rings is 1. The minimum atomic E-state index is -0.658. The summed E-state index contributed by atoms with van der Waals surface area (Å²) in [7, 11) is 0. The zero-order valence-corrected chi connectivity index (χ0v) is 13.6. The van der Waals surface area contributed by atoms with Gasteiger partial charge in [-0.3, -0.25) is 19.9 Å². The van der Waals surface area contributed by atoms with Crippen LogP contribution in [-0.4, -0.2) is 21.5 Å². The third-order valence-electron chi connectivity index (χ3n) is 3.60. The Balaban J connectivity index is 1.95. The summed E-state index contributed by atoms with van der Waals surface area (Å²) < 4.78 is 0. The molecule has 0 radical (unpaired) electrons. The molecule has 3 rings (SSSR count). The van der Waals surface area contributed by atoms with E-state index in [0.29, 0.717) is 11.3 Å². The van der Waals surface area contributed by atoms with Gasteiger partial charge in [0.1, 0.15) is 5.56 Å². The number of aromatic nitrogens is 1. The molecule has 1 amide bonds. The lowest BCUT2D eigenvalue weighted by Gasteiger charge is -2.08. The number of nitro groups is 1. The van der Waals surface area contributed by atoms with Crippen LogP contribution >= 0.6 is 0 Å². The number of hydrogen-bond donors (Lipinski definition) is 1. The number of hydrazone groups is 1. The summed E-state index contributed by atoms with van der Waals surface area (Å²) in [6, 6.07) is 18.6. The molecule has 1 aromatic heterocycles. The van der Waals surface area contributed by atoms with Crippen LogP contribution in [0.1, 0.15) is 21.5 Å². The maximum Gasteiger partial charge on any atom is 0.282 e. The lowest BCUT2D eigenvalue weighted by molar-refractivity contribution is -0.385. The molecule has 7 nitrogen and oxygen atoms in total. The number of carbonyl (C=O) groups excluding carboxylic acids is 1. The molecule has 0 saturated carbocycles. The van der Waals surface area contributed by atoms with Crippen molar-refractivity contribution in [2.45, 2.75) is 0 Å². The average Bonchev–Trinajstić information content (AvgIpc) is 2.69. The number of para-hydroxylation sites is 1. The van der Waals surface area contributed by atoms with E-state index in [1.807, 2.05) is 36.4 Å². The van der Waals surface area contributed by atoms with Gasteiger partial charge < -0.3 is 0 Å². The normalized spacial score (nSPS) is 11.0. The van der Waals surface area contributed by atoms with Gasteiger partial charge in [0.2, 0.25) is 0 Å². The Morgan fingerprint density at radius 3 is 2.35 bits per heavy atom. The van der Waals surface area contributed by atoms with Crippen molar-refractivity contribution in [2.24, 2.45) is 5.10 Å². The van der Waals surface area contributed by atoms with Gasteiger partial charge in [-0.05, 0) is 18.2 Å². The van der Waals surface area contributed by atoms with Gasteiger partial charge in [-0.1, -0.05) is 42.5 Å². The molecule has 0 aliphatic rings. The van der Waals surface area contributed by atoms with Gasteiger partial charge in [-0.15, -0.1) is 0 Å². The Kier molecular flexibility index (Phi) is 5.09. The molecule has 0 atom stereocenters. The lowest BCUT2D eigenvalue weighted by Crippen LogP contribution is -2.21. The molecular formula is C19H14N4O3. The second-order valence-corrected chi connectivity index (χ2v) is 5.28. The summed E-state index contributed by atoms with van der Waals surface area (Å²) in [4.78, 5) is 27.0. The van der Waals surface area contributed by atoms with Crippen molar-refractivity contribution in [3.8, 4) is 0 Å². The molecule has 1 heterocycles. The van der Waals surface area contributed by atoms with E-state index in [0.717, 1.165) is 5.56 Å². The largest absolute Gasteiger partial charge is 0.282 e. The number of rotatable bonds is 5. The SMILES string of the molecule is O=C(N/N=C(\c1ccccc1)c1cccnc1)c1ccccc1[N+](=O)[O-]. The van der Waals surface area contributed by atoms with Crippen LogP contribution in [0.2, 0.25) is 0 Å². The molecule has 0 saturated heterocycles. The van der Waals surface area contributed by atoms with E-state index in [9.17, 15) is 14.9 Å². The van der Waals surface area contributed by atoms with Crippen LogP contribution in [0, 0.1) is 10.1 Å². The standard InChI is InChI=1S/C19H14N4O3/c24-19(16-10-4-5-11-17(16)23(25)26)22-21-18(14-7-2-1-3-8-14)15-9-6-12-20-13-15/h1-13H,(H,22,24)/b21-18+. The molecule has 0 bridgehead atoms. The van der Waals surface area contributed by atoms with Crippen LogP contribution in [0.4, 0.5) is 5.69 Å². The molecule has 3 aromatic rings. The van der Waals surface area contributed by atoms with Gasteiger partial charge in [0.05, 0.1) is 10.6 Å². The summed E-state index contributed by atoms with van der Waals surface area (Å²) >= 11 is 0. The fraction of sp³-hybridized carbons (Fsp3) is 0. The molecule has 0 spiro atoms. The zero-order chi connectivity index (χ0) is 18.4. The van der Waals surface area contributed by atoms with Crippen molar-refractivity contribution in [2.75, 3.05) is 0 Å². The van der Waals surface area contributed by atoms with Crippen molar-refractivity contribution in [3.63, 3.8) is 0 Å². The topological polar surface area (TPSA) is 97.5 Å². The Hall–Kier alpha value is -3.87. The van der Waals surface area contributed by atoms with Crippen LogP contribution in [0.15, 0.2) is 84.2 Å². The fourth-order valence-electron chi connectivity index (χ4n) is 2.39. The highest BCUT2D eigenvalue weighted by atomic mass is 16.6. The van der Waals surface area contributed by atoms with Crippen molar-refractivity contribution in [1.29, 1.82) is 0 Å². The van der Waals surface area contributed by atoms with Gasteiger partial charge in [0.25, 0.3) is 11.6 Å². The highest BCUT2D eigenvalue weighted by Crippen LogP contribution is 2.17. The van der Waals surface area contributed by atoms with Crippen LogP contribution in [0.5, 0.6) is 0 Å². The van der Waals surface area contributed by atoms with Crippen LogP contribution in [0.25, 0.3) is 0 Å². The van der Waals surface area contributed by atoms with Crippen molar-refractivity contribution < 1.29 is 9.72 Å². The van der Waals surface area contributed by atoms with Gasteiger partial charge in [0.15, 0.2) is 0 Å². The molecular weight excluding hydrogens is 332 g/mol.